The van der Waals surface area contributed by atoms with Crippen LogP contribution in [0.4, 0.5) is 0 Å². The van der Waals surface area contributed by atoms with Crippen LogP contribution in [-0.4, -0.2) is 23.7 Å². The van der Waals surface area contributed by atoms with Crippen LogP contribution < -0.4 is 0 Å². The maximum absolute atomic E-state index is 4.91. The second-order valence-corrected chi connectivity index (χ2v) is 2.45. The van der Waals surface area contributed by atoms with E-state index in [9.17, 15) is 0 Å². The lowest BCUT2D eigenvalue weighted by molar-refractivity contribution is 0.239. The molecule has 0 radical (unpaired) electrons. The summed E-state index contributed by atoms with van der Waals surface area (Å²) in [5.74, 6) is 0.810. The van der Waals surface area contributed by atoms with Gasteiger partial charge in [-0.15, -0.1) is 0 Å². The average Bonchev–Trinajstić information content (AvgIpc) is 2.36. The van der Waals surface area contributed by atoms with Crippen molar-refractivity contribution in [1.29, 1.82) is 0 Å². The molecule has 60 valence electrons. The molecule has 3 heteroatoms. The first-order chi connectivity index (χ1) is 5.24. The van der Waals surface area contributed by atoms with Gasteiger partial charge in [0.15, 0.2) is 0 Å². The highest BCUT2D eigenvalue weighted by molar-refractivity contribution is 5.57. The summed E-state index contributed by atoms with van der Waals surface area (Å²) in [6.07, 6.45) is 1.77. The van der Waals surface area contributed by atoms with E-state index in [0.717, 1.165) is 17.1 Å². The highest BCUT2D eigenvalue weighted by Crippen LogP contribution is 2.06. The smallest absolute Gasteiger partial charge is 0.135 e. The van der Waals surface area contributed by atoms with Crippen LogP contribution in [-0.2, 0) is 4.74 Å². The minimum Gasteiger partial charge on any atom is -0.380 e. The Morgan fingerprint density at radius 2 is 2.55 bits per heavy atom. The summed E-state index contributed by atoms with van der Waals surface area (Å²) in [4.78, 5) is 7.17. The van der Waals surface area contributed by atoms with E-state index < -0.39 is 0 Å². The zero-order valence-electron chi connectivity index (χ0n) is 6.85. The number of aryl methyl sites for hydroxylation is 1. The number of aromatic amines is 1. The average molecular weight is 152 g/mol. The largest absolute Gasteiger partial charge is 0.380 e. The second kappa shape index (κ2) is 3.34. The quantitative estimate of drug-likeness (QED) is 0.710. The van der Waals surface area contributed by atoms with Gasteiger partial charge in [0, 0.05) is 24.6 Å². The number of ether oxygens (including phenoxy) is 1. The fraction of sp³-hybridized carbons (Fsp3) is 0.375. The van der Waals surface area contributed by atoms with Crippen LogP contribution in [0.1, 0.15) is 11.5 Å². The van der Waals surface area contributed by atoms with Gasteiger partial charge in [-0.1, -0.05) is 6.58 Å². The summed E-state index contributed by atoms with van der Waals surface area (Å²) in [7, 11) is 1.64. The summed E-state index contributed by atoms with van der Waals surface area (Å²) in [6.45, 7) is 6.28. The molecule has 0 aliphatic rings. The zero-order chi connectivity index (χ0) is 8.27. The Labute approximate surface area is 66.1 Å². The first-order valence-electron chi connectivity index (χ1n) is 3.42. The Hall–Kier alpha value is -1.09. The van der Waals surface area contributed by atoms with Crippen LogP contribution in [0.2, 0.25) is 0 Å². The molecule has 0 aliphatic carbocycles. The number of imidazole rings is 1. The Kier molecular flexibility index (Phi) is 2.44. The van der Waals surface area contributed by atoms with Crippen molar-refractivity contribution in [3.63, 3.8) is 0 Å². The third-order valence-electron chi connectivity index (χ3n) is 1.36. The van der Waals surface area contributed by atoms with Gasteiger partial charge in [0.1, 0.15) is 5.82 Å². The van der Waals surface area contributed by atoms with E-state index in [1.165, 1.54) is 0 Å². The van der Waals surface area contributed by atoms with Gasteiger partial charge in [0.2, 0.25) is 0 Å². The fourth-order valence-electron chi connectivity index (χ4n) is 0.835. The van der Waals surface area contributed by atoms with Gasteiger partial charge in [-0.25, -0.2) is 4.98 Å². The summed E-state index contributed by atoms with van der Waals surface area (Å²) >= 11 is 0. The standard InChI is InChI=1S/C8H12N2O/c1-6(5-11-3)8-9-4-7(2)10-8/h4H,1,5H2,2-3H3,(H,9,10). The van der Waals surface area contributed by atoms with Gasteiger partial charge in [0.05, 0.1) is 6.61 Å². The van der Waals surface area contributed by atoms with Crippen molar-refractivity contribution in [1.82, 2.24) is 9.97 Å². The van der Waals surface area contributed by atoms with Crippen molar-refractivity contribution >= 4 is 5.57 Å². The van der Waals surface area contributed by atoms with Crippen molar-refractivity contribution in [2.75, 3.05) is 13.7 Å². The molecule has 0 bridgehead atoms. The Balaban J connectivity index is 2.69. The number of aromatic nitrogens is 2. The third-order valence-corrected chi connectivity index (χ3v) is 1.36. The van der Waals surface area contributed by atoms with E-state index in [1.807, 2.05) is 6.92 Å². The van der Waals surface area contributed by atoms with Gasteiger partial charge in [-0.2, -0.15) is 0 Å². The molecule has 0 saturated heterocycles. The molecule has 11 heavy (non-hydrogen) atoms. The predicted octanol–water partition coefficient (Wildman–Crippen LogP) is 1.38. The van der Waals surface area contributed by atoms with Crippen LogP contribution in [0.15, 0.2) is 12.8 Å². The Bertz CT molecular complexity index is 252. The van der Waals surface area contributed by atoms with Crippen molar-refractivity contribution in [2.24, 2.45) is 0 Å². The van der Waals surface area contributed by atoms with E-state index in [2.05, 4.69) is 16.5 Å². The van der Waals surface area contributed by atoms with Gasteiger partial charge in [-0.3, -0.25) is 0 Å². The SMILES string of the molecule is C=C(COC)c1ncc(C)[nH]1. The first kappa shape index (κ1) is 8.01. The molecular weight excluding hydrogens is 140 g/mol. The summed E-state index contributed by atoms with van der Waals surface area (Å²) in [6, 6.07) is 0. The molecule has 0 aliphatic heterocycles. The highest BCUT2D eigenvalue weighted by atomic mass is 16.5. The molecule has 0 atom stereocenters. The van der Waals surface area contributed by atoms with Crippen LogP contribution in [0, 0.1) is 6.92 Å². The molecule has 0 saturated carbocycles. The third kappa shape index (κ3) is 1.91. The van der Waals surface area contributed by atoms with E-state index in [-0.39, 0.29) is 0 Å². The van der Waals surface area contributed by atoms with Gasteiger partial charge in [-0.05, 0) is 6.92 Å². The molecule has 1 aromatic heterocycles. The molecule has 0 aromatic carbocycles. The molecule has 0 unspecified atom stereocenters. The van der Waals surface area contributed by atoms with Gasteiger partial charge in [0.25, 0.3) is 0 Å². The zero-order valence-corrected chi connectivity index (χ0v) is 6.85. The minimum absolute atomic E-state index is 0.521. The predicted molar refractivity (Wildman–Crippen MR) is 44.2 cm³/mol. The monoisotopic (exact) mass is 152 g/mol. The molecule has 3 nitrogen and oxygen atoms in total. The minimum atomic E-state index is 0.521. The Morgan fingerprint density at radius 3 is 3.00 bits per heavy atom. The second-order valence-electron chi connectivity index (χ2n) is 2.45. The molecule has 1 N–H and O–H groups in total. The number of nitrogens with zero attached hydrogens (tertiary/aromatic N) is 1. The van der Waals surface area contributed by atoms with Crippen LogP contribution in [0.3, 0.4) is 0 Å². The number of H-pyrrole nitrogens is 1. The lowest BCUT2D eigenvalue weighted by Gasteiger charge is -1.98. The summed E-state index contributed by atoms with van der Waals surface area (Å²) in [5, 5.41) is 0. The normalized spacial score (nSPS) is 10.0. The van der Waals surface area contributed by atoms with Crippen LogP contribution in [0.5, 0.6) is 0 Å². The molecule has 0 amide bonds. The maximum Gasteiger partial charge on any atom is 0.135 e. The molecular formula is C8H12N2O. The lowest BCUT2D eigenvalue weighted by Crippen LogP contribution is -1.94. The lowest BCUT2D eigenvalue weighted by atomic mass is 10.3. The van der Waals surface area contributed by atoms with Crippen molar-refractivity contribution < 1.29 is 4.74 Å². The number of nitrogens with one attached hydrogen (secondary N) is 1. The van der Waals surface area contributed by atoms with E-state index >= 15 is 0 Å². The van der Waals surface area contributed by atoms with E-state index in [0.29, 0.717) is 6.61 Å². The Morgan fingerprint density at radius 1 is 1.82 bits per heavy atom. The number of rotatable bonds is 3. The molecule has 1 rings (SSSR count). The van der Waals surface area contributed by atoms with Crippen LogP contribution in [0.25, 0.3) is 5.57 Å². The number of methoxy groups -OCH3 is 1. The topological polar surface area (TPSA) is 37.9 Å². The van der Waals surface area contributed by atoms with E-state index in [4.69, 9.17) is 4.74 Å². The summed E-state index contributed by atoms with van der Waals surface area (Å²) < 4.78 is 4.91. The maximum atomic E-state index is 4.91. The van der Waals surface area contributed by atoms with Gasteiger partial charge >= 0.3 is 0 Å². The van der Waals surface area contributed by atoms with E-state index in [1.54, 1.807) is 13.3 Å². The number of hydrogen-bond acceptors (Lipinski definition) is 2. The molecule has 1 heterocycles. The van der Waals surface area contributed by atoms with Crippen molar-refractivity contribution in [2.45, 2.75) is 6.92 Å². The molecule has 0 spiro atoms. The first-order valence-corrected chi connectivity index (χ1v) is 3.42. The van der Waals surface area contributed by atoms with Crippen LogP contribution >= 0.6 is 0 Å². The molecule has 0 fully saturated rings. The summed E-state index contributed by atoms with van der Waals surface area (Å²) in [5.41, 5.74) is 1.91. The van der Waals surface area contributed by atoms with Crippen molar-refractivity contribution in [3.8, 4) is 0 Å². The highest BCUT2D eigenvalue weighted by Gasteiger charge is 2.00. The van der Waals surface area contributed by atoms with Gasteiger partial charge < -0.3 is 9.72 Å². The van der Waals surface area contributed by atoms with Crippen molar-refractivity contribution in [3.05, 3.63) is 24.3 Å². The molecule has 1 aromatic rings. The number of hydrogen-bond donors (Lipinski definition) is 1. The fourth-order valence-corrected chi connectivity index (χ4v) is 0.835.